The molecule has 0 aliphatic carbocycles. The highest BCUT2D eigenvalue weighted by Gasteiger charge is 2.51. The van der Waals surface area contributed by atoms with Crippen molar-refractivity contribution in [2.75, 3.05) is 6.61 Å². The molecule has 3 rings (SSSR count). The van der Waals surface area contributed by atoms with Crippen LogP contribution in [0.2, 0.25) is 0 Å². The van der Waals surface area contributed by atoms with Gasteiger partial charge in [-0.25, -0.2) is 9.59 Å². The molecular weight excluding hydrogens is 260 g/mol. The molecule has 0 unspecified atom stereocenters. The van der Waals surface area contributed by atoms with Crippen molar-refractivity contribution in [3.05, 3.63) is 32.6 Å². The number of hydrogen-bond donors (Lipinski definition) is 3. The van der Waals surface area contributed by atoms with Gasteiger partial charge in [-0.15, -0.1) is 0 Å². The maximum Gasteiger partial charge on any atom is 0.355 e. The van der Waals surface area contributed by atoms with Crippen molar-refractivity contribution >= 4 is 5.97 Å². The van der Waals surface area contributed by atoms with Gasteiger partial charge in [-0.2, -0.15) is 0 Å². The first-order valence-electron chi connectivity index (χ1n) is 5.54. The number of aromatic amines is 1. The molecular formula is C10H10N2O7. The number of nitrogens with zero attached hydrogens (tertiary/aromatic N) is 1. The standard InChI is InChI=1S/C10H10N2O7/c13-2-4-6(15)7-8(18-4)12-3(9(16)19-7)1-5(14)11-10(12)17/h1,4,6-8,13,15H,2H2,(H,11,14,17)/t4-,6+,7-,8+/m0/s1. The molecule has 1 saturated heterocycles. The van der Waals surface area contributed by atoms with Gasteiger partial charge < -0.3 is 19.7 Å². The number of carbonyl (C=O) groups excluding carboxylic acids is 1. The molecule has 19 heavy (non-hydrogen) atoms. The van der Waals surface area contributed by atoms with Crippen molar-refractivity contribution in [2.24, 2.45) is 0 Å². The summed E-state index contributed by atoms with van der Waals surface area (Å²) in [5.41, 5.74) is -1.82. The summed E-state index contributed by atoms with van der Waals surface area (Å²) >= 11 is 0. The normalized spacial score (nSPS) is 32.6. The van der Waals surface area contributed by atoms with Gasteiger partial charge in [0.15, 0.2) is 12.3 Å². The van der Waals surface area contributed by atoms with E-state index in [1.807, 2.05) is 4.98 Å². The van der Waals surface area contributed by atoms with Gasteiger partial charge in [0, 0.05) is 6.07 Å². The molecule has 0 spiro atoms. The van der Waals surface area contributed by atoms with Gasteiger partial charge in [0.05, 0.1) is 6.61 Å². The molecule has 1 fully saturated rings. The quantitative estimate of drug-likeness (QED) is 0.474. The second-order valence-electron chi connectivity index (χ2n) is 4.30. The number of fused-ring (bicyclic) bond motifs is 3. The van der Waals surface area contributed by atoms with Gasteiger partial charge in [-0.1, -0.05) is 0 Å². The fourth-order valence-corrected chi connectivity index (χ4v) is 2.30. The number of H-pyrrole nitrogens is 1. The lowest BCUT2D eigenvalue weighted by atomic mass is 10.1. The molecule has 1 aromatic rings. The number of nitrogens with one attached hydrogen (secondary N) is 1. The van der Waals surface area contributed by atoms with Gasteiger partial charge >= 0.3 is 11.7 Å². The first-order chi connectivity index (χ1) is 9.02. The molecule has 1 aromatic heterocycles. The predicted molar refractivity (Wildman–Crippen MR) is 57.5 cm³/mol. The zero-order valence-corrected chi connectivity index (χ0v) is 9.48. The molecule has 2 aliphatic heterocycles. The number of aliphatic hydroxyl groups excluding tert-OH is 2. The number of aliphatic hydroxyl groups is 2. The first kappa shape index (κ1) is 12.1. The van der Waals surface area contributed by atoms with Crippen LogP contribution in [-0.4, -0.2) is 50.7 Å². The molecule has 2 aliphatic rings. The van der Waals surface area contributed by atoms with E-state index in [0.717, 1.165) is 10.6 Å². The summed E-state index contributed by atoms with van der Waals surface area (Å²) in [6, 6.07) is 0.919. The van der Waals surface area contributed by atoms with Gasteiger partial charge in [0.25, 0.3) is 5.56 Å². The SMILES string of the molecule is O=C1O[C@H]2[C@H](O)[C@H](CO)O[C@H]2n2c1cc(=O)[nH]c2=O. The third-order valence-corrected chi connectivity index (χ3v) is 3.18. The van der Waals surface area contributed by atoms with E-state index >= 15 is 0 Å². The van der Waals surface area contributed by atoms with Crippen LogP contribution in [0.3, 0.4) is 0 Å². The third-order valence-electron chi connectivity index (χ3n) is 3.18. The largest absolute Gasteiger partial charge is 0.450 e. The summed E-state index contributed by atoms with van der Waals surface area (Å²) in [6.45, 7) is -0.487. The Hall–Kier alpha value is -1.97. The van der Waals surface area contributed by atoms with E-state index in [1.165, 1.54) is 0 Å². The Bertz CT molecular complexity index is 648. The van der Waals surface area contributed by atoms with E-state index in [0.29, 0.717) is 0 Å². The Balaban J connectivity index is 2.17. The van der Waals surface area contributed by atoms with Crippen molar-refractivity contribution < 1.29 is 24.5 Å². The lowest BCUT2D eigenvalue weighted by Gasteiger charge is -2.28. The minimum Gasteiger partial charge on any atom is -0.450 e. The van der Waals surface area contributed by atoms with Crippen LogP contribution in [0, 0.1) is 0 Å². The summed E-state index contributed by atoms with van der Waals surface area (Å²) in [4.78, 5) is 36.6. The number of hydrogen-bond acceptors (Lipinski definition) is 7. The van der Waals surface area contributed by atoms with Crippen LogP contribution in [0.1, 0.15) is 16.7 Å². The van der Waals surface area contributed by atoms with Gasteiger partial charge in [-0.05, 0) is 0 Å². The van der Waals surface area contributed by atoms with Crippen molar-refractivity contribution in [3.8, 4) is 0 Å². The van der Waals surface area contributed by atoms with Crippen LogP contribution in [0.4, 0.5) is 0 Å². The smallest absolute Gasteiger partial charge is 0.355 e. The fourth-order valence-electron chi connectivity index (χ4n) is 2.30. The molecule has 4 atom stereocenters. The highest BCUT2D eigenvalue weighted by molar-refractivity contribution is 5.88. The van der Waals surface area contributed by atoms with E-state index < -0.39 is 48.4 Å². The Kier molecular flexibility index (Phi) is 2.55. The predicted octanol–water partition coefficient (Wildman–Crippen LogP) is -2.67. The lowest BCUT2D eigenvalue weighted by Crippen LogP contribution is -2.47. The average molecular weight is 270 g/mol. The van der Waals surface area contributed by atoms with Crippen molar-refractivity contribution in [2.45, 2.75) is 24.5 Å². The van der Waals surface area contributed by atoms with Crippen LogP contribution in [0.15, 0.2) is 15.7 Å². The second kappa shape index (κ2) is 4.02. The van der Waals surface area contributed by atoms with E-state index in [-0.39, 0.29) is 5.69 Å². The molecule has 9 heteroatoms. The van der Waals surface area contributed by atoms with Crippen LogP contribution >= 0.6 is 0 Å². The Morgan fingerprint density at radius 3 is 2.79 bits per heavy atom. The van der Waals surface area contributed by atoms with Gasteiger partial charge in [-0.3, -0.25) is 14.3 Å². The summed E-state index contributed by atoms with van der Waals surface area (Å²) in [5, 5.41) is 18.9. The monoisotopic (exact) mass is 270 g/mol. The minimum absolute atomic E-state index is 0.249. The zero-order chi connectivity index (χ0) is 13.7. The topological polar surface area (TPSA) is 131 Å². The second-order valence-corrected chi connectivity index (χ2v) is 4.30. The van der Waals surface area contributed by atoms with Crippen LogP contribution < -0.4 is 11.2 Å². The van der Waals surface area contributed by atoms with Crippen LogP contribution in [0.25, 0.3) is 0 Å². The molecule has 0 saturated carbocycles. The maximum atomic E-state index is 11.8. The number of carbonyl (C=O) groups is 1. The molecule has 0 aromatic carbocycles. The van der Waals surface area contributed by atoms with E-state index in [1.54, 1.807) is 0 Å². The lowest BCUT2D eigenvalue weighted by molar-refractivity contribution is -0.0733. The van der Waals surface area contributed by atoms with Crippen molar-refractivity contribution in [3.63, 3.8) is 0 Å². The molecule has 0 amide bonds. The molecule has 3 N–H and O–H groups in total. The third kappa shape index (κ3) is 1.63. The minimum atomic E-state index is -1.24. The Labute approximate surface area is 105 Å². The highest BCUT2D eigenvalue weighted by atomic mass is 16.6. The maximum absolute atomic E-state index is 11.8. The van der Waals surface area contributed by atoms with Crippen molar-refractivity contribution in [1.29, 1.82) is 0 Å². The summed E-state index contributed by atoms with van der Waals surface area (Å²) < 4.78 is 11.2. The molecule has 9 nitrogen and oxygen atoms in total. The summed E-state index contributed by atoms with van der Waals surface area (Å²) in [6.07, 6.45) is -4.37. The van der Waals surface area contributed by atoms with Crippen LogP contribution in [-0.2, 0) is 9.47 Å². The van der Waals surface area contributed by atoms with E-state index in [9.17, 15) is 19.5 Å². The first-order valence-corrected chi connectivity index (χ1v) is 5.54. The molecule has 0 radical (unpaired) electrons. The van der Waals surface area contributed by atoms with E-state index in [2.05, 4.69) is 0 Å². The summed E-state index contributed by atoms with van der Waals surface area (Å²) in [7, 11) is 0. The fraction of sp³-hybridized carbons (Fsp3) is 0.500. The Morgan fingerprint density at radius 2 is 2.11 bits per heavy atom. The van der Waals surface area contributed by atoms with E-state index in [4.69, 9.17) is 14.6 Å². The zero-order valence-electron chi connectivity index (χ0n) is 9.48. The number of esters is 1. The number of aromatic nitrogens is 2. The molecule has 102 valence electrons. The average Bonchev–Trinajstić information content (AvgIpc) is 2.66. The van der Waals surface area contributed by atoms with Gasteiger partial charge in [0.2, 0.25) is 0 Å². The molecule has 3 heterocycles. The summed E-state index contributed by atoms with van der Waals surface area (Å²) in [5.74, 6) is -0.898. The Morgan fingerprint density at radius 1 is 1.37 bits per heavy atom. The molecule has 0 bridgehead atoms. The van der Waals surface area contributed by atoms with Crippen LogP contribution in [0.5, 0.6) is 0 Å². The van der Waals surface area contributed by atoms with Gasteiger partial charge in [0.1, 0.15) is 17.9 Å². The van der Waals surface area contributed by atoms with Crippen molar-refractivity contribution in [1.82, 2.24) is 9.55 Å². The number of ether oxygens (including phenoxy) is 2. The number of rotatable bonds is 1. The highest BCUT2D eigenvalue weighted by Crippen LogP contribution is 2.34.